The van der Waals surface area contributed by atoms with Gasteiger partial charge in [0, 0.05) is 19.4 Å². The standard InChI is InChI=1S/C22H35N3O5S/c1-4-8-18(25(3)19(26)13-15-9-6-7-10-15)20(27)23-22(14-16(22)5-2)21(28)24-31(29,30)17-11-12-17/h5,15-18H,2,4,6-14H2,1,3H3,(H,23,27)(H,24,28). The lowest BCUT2D eigenvalue weighted by Gasteiger charge is -2.30. The highest BCUT2D eigenvalue weighted by Crippen LogP contribution is 2.45. The Hall–Kier alpha value is -1.90. The molecule has 31 heavy (non-hydrogen) atoms. The molecular weight excluding hydrogens is 418 g/mol. The van der Waals surface area contributed by atoms with Crippen molar-refractivity contribution in [2.75, 3.05) is 7.05 Å². The first kappa shape index (κ1) is 23.8. The third-order valence-electron chi connectivity index (χ3n) is 6.91. The summed E-state index contributed by atoms with van der Waals surface area (Å²) in [6.45, 7) is 5.64. The number of nitrogens with zero attached hydrogens (tertiary/aromatic N) is 1. The Balaban J connectivity index is 1.68. The van der Waals surface area contributed by atoms with E-state index in [1.165, 1.54) is 4.90 Å². The van der Waals surface area contributed by atoms with Crippen LogP contribution < -0.4 is 10.0 Å². The van der Waals surface area contributed by atoms with Gasteiger partial charge in [-0.15, -0.1) is 6.58 Å². The molecule has 0 saturated heterocycles. The summed E-state index contributed by atoms with van der Waals surface area (Å²) >= 11 is 0. The lowest BCUT2D eigenvalue weighted by molar-refractivity contribution is -0.141. The van der Waals surface area contributed by atoms with E-state index in [4.69, 9.17) is 0 Å². The van der Waals surface area contributed by atoms with Gasteiger partial charge in [-0.3, -0.25) is 19.1 Å². The minimum Gasteiger partial charge on any atom is -0.339 e. The minimum absolute atomic E-state index is 0.0635. The van der Waals surface area contributed by atoms with Crippen LogP contribution in [0, 0.1) is 11.8 Å². The van der Waals surface area contributed by atoms with E-state index in [9.17, 15) is 22.8 Å². The van der Waals surface area contributed by atoms with Crippen molar-refractivity contribution in [1.82, 2.24) is 14.9 Å². The van der Waals surface area contributed by atoms with Crippen molar-refractivity contribution >= 4 is 27.7 Å². The van der Waals surface area contributed by atoms with Gasteiger partial charge in [0.25, 0.3) is 5.91 Å². The first-order chi connectivity index (χ1) is 14.6. The Kier molecular flexibility index (Phi) is 7.13. The fourth-order valence-corrected chi connectivity index (χ4v) is 5.94. The molecular formula is C22H35N3O5S. The summed E-state index contributed by atoms with van der Waals surface area (Å²) in [6.07, 6.45) is 8.92. The number of hydrogen-bond donors (Lipinski definition) is 2. The molecule has 8 nitrogen and oxygen atoms in total. The molecule has 3 aliphatic rings. The largest absolute Gasteiger partial charge is 0.339 e. The normalized spacial score (nSPS) is 26.7. The summed E-state index contributed by atoms with van der Waals surface area (Å²) in [5.74, 6) is -1.17. The Morgan fingerprint density at radius 2 is 1.84 bits per heavy atom. The van der Waals surface area contributed by atoms with Gasteiger partial charge in [-0.2, -0.15) is 0 Å². The Morgan fingerprint density at radius 1 is 1.19 bits per heavy atom. The molecule has 2 N–H and O–H groups in total. The fourth-order valence-electron chi connectivity index (χ4n) is 4.57. The van der Waals surface area contributed by atoms with E-state index < -0.39 is 38.7 Å². The molecule has 3 amide bonds. The van der Waals surface area contributed by atoms with Crippen LogP contribution >= 0.6 is 0 Å². The zero-order valence-electron chi connectivity index (χ0n) is 18.6. The second kappa shape index (κ2) is 9.30. The van der Waals surface area contributed by atoms with Gasteiger partial charge in [-0.1, -0.05) is 32.3 Å². The molecule has 3 saturated carbocycles. The average molecular weight is 454 g/mol. The van der Waals surface area contributed by atoms with Crippen LogP contribution in [0.2, 0.25) is 0 Å². The predicted octanol–water partition coefficient (Wildman–Crippen LogP) is 1.86. The number of hydrogen-bond acceptors (Lipinski definition) is 5. The molecule has 3 atom stereocenters. The second-order valence-corrected chi connectivity index (χ2v) is 11.3. The van der Waals surface area contributed by atoms with Gasteiger partial charge in [-0.05, 0) is 44.4 Å². The van der Waals surface area contributed by atoms with E-state index in [2.05, 4.69) is 16.6 Å². The van der Waals surface area contributed by atoms with Crippen molar-refractivity contribution in [3.63, 3.8) is 0 Å². The molecule has 3 unspecified atom stereocenters. The number of carbonyl (C=O) groups is 3. The van der Waals surface area contributed by atoms with Gasteiger partial charge in [0.15, 0.2) is 0 Å². The highest BCUT2D eigenvalue weighted by atomic mass is 32.2. The van der Waals surface area contributed by atoms with Crippen molar-refractivity contribution in [2.45, 2.75) is 88.0 Å². The lowest BCUT2D eigenvalue weighted by Crippen LogP contribution is -2.57. The van der Waals surface area contributed by atoms with E-state index in [0.29, 0.717) is 44.4 Å². The predicted molar refractivity (Wildman–Crippen MR) is 117 cm³/mol. The molecule has 3 rings (SSSR count). The van der Waals surface area contributed by atoms with Crippen molar-refractivity contribution in [3.05, 3.63) is 12.7 Å². The van der Waals surface area contributed by atoms with Crippen LogP contribution in [0.25, 0.3) is 0 Å². The molecule has 0 spiro atoms. The number of rotatable bonds is 11. The summed E-state index contributed by atoms with van der Waals surface area (Å²) in [5, 5.41) is 2.25. The van der Waals surface area contributed by atoms with Gasteiger partial charge in [-0.25, -0.2) is 8.42 Å². The van der Waals surface area contributed by atoms with Crippen molar-refractivity contribution in [3.8, 4) is 0 Å². The molecule has 3 fully saturated rings. The summed E-state index contributed by atoms with van der Waals surface area (Å²) < 4.78 is 26.6. The maximum atomic E-state index is 13.2. The number of nitrogens with one attached hydrogen (secondary N) is 2. The molecule has 0 aromatic rings. The van der Waals surface area contributed by atoms with Crippen LogP contribution in [-0.2, 0) is 24.4 Å². The Bertz CT molecular complexity index is 832. The highest BCUT2D eigenvalue weighted by molar-refractivity contribution is 7.91. The molecule has 0 heterocycles. The van der Waals surface area contributed by atoms with Gasteiger partial charge in [0.2, 0.25) is 21.8 Å². The van der Waals surface area contributed by atoms with Gasteiger partial charge in [0.1, 0.15) is 11.6 Å². The molecule has 9 heteroatoms. The van der Waals surface area contributed by atoms with E-state index in [-0.39, 0.29) is 11.8 Å². The first-order valence-electron chi connectivity index (χ1n) is 11.4. The van der Waals surface area contributed by atoms with Crippen LogP contribution in [0.4, 0.5) is 0 Å². The van der Waals surface area contributed by atoms with E-state index in [0.717, 1.165) is 25.7 Å². The number of amides is 3. The molecule has 0 aliphatic heterocycles. The van der Waals surface area contributed by atoms with Crippen LogP contribution in [0.3, 0.4) is 0 Å². The summed E-state index contributed by atoms with van der Waals surface area (Å²) in [5.41, 5.74) is -1.32. The smallest absolute Gasteiger partial charge is 0.259 e. The summed E-state index contributed by atoms with van der Waals surface area (Å²) in [4.78, 5) is 40.3. The van der Waals surface area contributed by atoms with E-state index in [1.807, 2.05) is 6.92 Å². The highest BCUT2D eigenvalue weighted by Gasteiger charge is 2.61. The zero-order chi connectivity index (χ0) is 22.8. The lowest BCUT2D eigenvalue weighted by atomic mass is 10.0. The van der Waals surface area contributed by atoms with E-state index >= 15 is 0 Å². The topological polar surface area (TPSA) is 113 Å². The molecule has 0 bridgehead atoms. The number of likely N-dealkylation sites (N-methyl/N-ethyl adjacent to an activating group) is 1. The Labute approximate surface area is 185 Å². The van der Waals surface area contributed by atoms with Crippen LogP contribution in [0.1, 0.15) is 71.1 Å². The number of sulfonamides is 1. The summed E-state index contributed by atoms with van der Waals surface area (Å²) in [7, 11) is -2.08. The minimum atomic E-state index is -3.72. The molecule has 0 radical (unpaired) electrons. The summed E-state index contributed by atoms with van der Waals surface area (Å²) in [6, 6.07) is -0.699. The van der Waals surface area contributed by atoms with Crippen molar-refractivity contribution in [2.24, 2.45) is 11.8 Å². The second-order valence-electron chi connectivity index (χ2n) is 9.35. The average Bonchev–Trinajstić information content (AvgIpc) is 3.63. The van der Waals surface area contributed by atoms with Crippen molar-refractivity contribution in [1.29, 1.82) is 0 Å². The first-order valence-corrected chi connectivity index (χ1v) is 13.0. The van der Waals surface area contributed by atoms with Gasteiger partial charge < -0.3 is 10.2 Å². The number of carbonyl (C=O) groups excluding carboxylic acids is 3. The van der Waals surface area contributed by atoms with Gasteiger partial charge >= 0.3 is 0 Å². The maximum Gasteiger partial charge on any atom is 0.259 e. The van der Waals surface area contributed by atoms with Crippen LogP contribution in [0.5, 0.6) is 0 Å². The van der Waals surface area contributed by atoms with Crippen molar-refractivity contribution < 1.29 is 22.8 Å². The van der Waals surface area contributed by atoms with Crippen LogP contribution in [0.15, 0.2) is 12.7 Å². The third-order valence-corrected chi connectivity index (χ3v) is 8.73. The van der Waals surface area contributed by atoms with Crippen LogP contribution in [-0.4, -0.2) is 54.9 Å². The molecule has 174 valence electrons. The zero-order valence-corrected chi connectivity index (χ0v) is 19.4. The third kappa shape index (κ3) is 5.30. The fraction of sp³-hybridized carbons (Fsp3) is 0.773. The SMILES string of the molecule is C=CC1CC1(NC(=O)C(CCC)N(C)C(=O)CC1CCCC1)C(=O)NS(=O)(=O)C1CC1. The van der Waals surface area contributed by atoms with E-state index in [1.54, 1.807) is 13.1 Å². The monoisotopic (exact) mass is 453 g/mol. The Morgan fingerprint density at radius 3 is 2.35 bits per heavy atom. The quantitative estimate of drug-likeness (QED) is 0.464. The molecule has 0 aromatic heterocycles. The molecule has 0 aromatic carbocycles. The molecule has 3 aliphatic carbocycles. The van der Waals surface area contributed by atoms with Gasteiger partial charge in [0.05, 0.1) is 5.25 Å². The maximum absolute atomic E-state index is 13.2.